The van der Waals surface area contributed by atoms with Gasteiger partial charge in [0.15, 0.2) is 5.69 Å². The number of hydrogen-bond donors (Lipinski definition) is 3. The van der Waals surface area contributed by atoms with E-state index in [4.69, 9.17) is 0 Å². The number of carbonyl (C=O) groups excluding carboxylic acids is 1. The van der Waals surface area contributed by atoms with Gasteiger partial charge in [0.25, 0.3) is 5.91 Å². The normalized spacial score (nSPS) is 12.6. The van der Waals surface area contributed by atoms with Gasteiger partial charge < -0.3 is 10.6 Å². The number of rotatable bonds is 4. The van der Waals surface area contributed by atoms with Crippen LogP contribution >= 0.6 is 0 Å². The second kappa shape index (κ2) is 4.97. The van der Waals surface area contributed by atoms with Crippen molar-refractivity contribution in [2.75, 3.05) is 13.6 Å². The molecule has 17 heavy (non-hydrogen) atoms. The van der Waals surface area contributed by atoms with Gasteiger partial charge in [-0.25, -0.2) is 0 Å². The van der Waals surface area contributed by atoms with Crippen molar-refractivity contribution >= 4 is 16.8 Å². The summed E-state index contributed by atoms with van der Waals surface area (Å²) in [7, 11) is 1.86. The van der Waals surface area contributed by atoms with Crippen LogP contribution in [0.3, 0.4) is 0 Å². The van der Waals surface area contributed by atoms with Crippen LogP contribution in [-0.4, -0.2) is 35.7 Å². The number of aromatic nitrogens is 2. The predicted octanol–water partition coefficient (Wildman–Crippen LogP) is 0.901. The van der Waals surface area contributed by atoms with Gasteiger partial charge in [-0.3, -0.25) is 9.89 Å². The lowest BCUT2D eigenvalue weighted by Crippen LogP contribution is -2.37. The largest absolute Gasteiger partial charge is 0.349 e. The summed E-state index contributed by atoms with van der Waals surface area (Å²) in [4.78, 5) is 11.9. The van der Waals surface area contributed by atoms with E-state index in [1.807, 2.05) is 38.2 Å². The molecule has 0 radical (unpaired) electrons. The van der Waals surface area contributed by atoms with Crippen molar-refractivity contribution in [1.82, 2.24) is 20.8 Å². The highest BCUT2D eigenvalue weighted by molar-refractivity contribution is 6.04. The SMILES string of the molecule is CNC(C)CNC(=O)c1n[nH]c2ccccc12. The number of benzene rings is 1. The maximum Gasteiger partial charge on any atom is 0.272 e. The fourth-order valence-corrected chi connectivity index (χ4v) is 1.57. The molecule has 2 aromatic rings. The van der Waals surface area contributed by atoms with Crippen LogP contribution in [0.1, 0.15) is 17.4 Å². The maximum atomic E-state index is 11.9. The molecule has 5 nitrogen and oxygen atoms in total. The van der Waals surface area contributed by atoms with Crippen molar-refractivity contribution in [2.45, 2.75) is 13.0 Å². The summed E-state index contributed by atoms with van der Waals surface area (Å²) in [5, 5.41) is 13.6. The van der Waals surface area contributed by atoms with E-state index in [0.717, 1.165) is 10.9 Å². The molecule has 0 bridgehead atoms. The molecule has 0 saturated carbocycles. The highest BCUT2D eigenvalue weighted by Gasteiger charge is 2.13. The zero-order valence-electron chi connectivity index (χ0n) is 9.95. The summed E-state index contributed by atoms with van der Waals surface area (Å²) < 4.78 is 0. The summed E-state index contributed by atoms with van der Waals surface area (Å²) in [6.07, 6.45) is 0. The topological polar surface area (TPSA) is 69.8 Å². The van der Waals surface area contributed by atoms with Gasteiger partial charge in [0.1, 0.15) is 0 Å². The predicted molar refractivity (Wildman–Crippen MR) is 66.9 cm³/mol. The summed E-state index contributed by atoms with van der Waals surface area (Å²) in [5.74, 6) is -0.149. The molecule has 0 spiro atoms. The molecule has 1 atom stereocenters. The number of aromatic amines is 1. The van der Waals surface area contributed by atoms with Gasteiger partial charge in [0.05, 0.1) is 5.52 Å². The Balaban J connectivity index is 2.14. The molecule has 1 unspecified atom stereocenters. The van der Waals surface area contributed by atoms with Crippen LogP contribution in [-0.2, 0) is 0 Å². The van der Waals surface area contributed by atoms with E-state index in [1.54, 1.807) is 0 Å². The molecule has 0 aliphatic carbocycles. The number of nitrogens with zero attached hydrogens (tertiary/aromatic N) is 1. The van der Waals surface area contributed by atoms with Gasteiger partial charge >= 0.3 is 0 Å². The van der Waals surface area contributed by atoms with E-state index >= 15 is 0 Å². The number of likely N-dealkylation sites (N-methyl/N-ethyl adjacent to an activating group) is 1. The third-order valence-electron chi connectivity index (χ3n) is 2.75. The molecule has 1 heterocycles. The molecular weight excluding hydrogens is 216 g/mol. The number of amides is 1. The number of carbonyl (C=O) groups is 1. The Morgan fingerprint density at radius 2 is 2.24 bits per heavy atom. The molecule has 1 aromatic heterocycles. The first-order valence-electron chi connectivity index (χ1n) is 5.61. The van der Waals surface area contributed by atoms with Crippen LogP contribution < -0.4 is 10.6 Å². The molecular formula is C12H16N4O. The van der Waals surface area contributed by atoms with Crippen LogP contribution in [0.2, 0.25) is 0 Å². The van der Waals surface area contributed by atoms with Crippen LogP contribution in [0.4, 0.5) is 0 Å². The van der Waals surface area contributed by atoms with E-state index in [-0.39, 0.29) is 11.9 Å². The Kier molecular flexibility index (Phi) is 3.39. The molecule has 1 amide bonds. The summed E-state index contributed by atoms with van der Waals surface area (Å²) >= 11 is 0. The molecule has 0 aliphatic rings. The minimum absolute atomic E-state index is 0.149. The van der Waals surface area contributed by atoms with Crippen molar-refractivity contribution in [2.24, 2.45) is 0 Å². The van der Waals surface area contributed by atoms with E-state index in [9.17, 15) is 4.79 Å². The smallest absolute Gasteiger partial charge is 0.272 e. The number of nitrogens with one attached hydrogen (secondary N) is 3. The molecule has 2 rings (SSSR count). The van der Waals surface area contributed by atoms with E-state index in [0.29, 0.717) is 12.2 Å². The number of H-pyrrole nitrogens is 1. The standard InChI is InChI=1S/C12H16N4O/c1-8(13-2)7-14-12(17)11-9-5-3-4-6-10(9)15-16-11/h3-6,8,13H,7H2,1-2H3,(H,14,17)(H,15,16). The molecule has 1 aromatic carbocycles. The molecule has 0 aliphatic heterocycles. The van der Waals surface area contributed by atoms with Crippen LogP contribution in [0.15, 0.2) is 24.3 Å². The minimum atomic E-state index is -0.149. The van der Waals surface area contributed by atoms with Crippen molar-refractivity contribution < 1.29 is 4.79 Å². The molecule has 0 saturated heterocycles. The summed E-state index contributed by atoms with van der Waals surface area (Å²) in [5.41, 5.74) is 1.32. The number of para-hydroxylation sites is 1. The summed E-state index contributed by atoms with van der Waals surface area (Å²) in [6, 6.07) is 7.82. The Morgan fingerprint density at radius 1 is 1.47 bits per heavy atom. The highest BCUT2D eigenvalue weighted by atomic mass is 16.1. The van der Waals surface area contributed by atoms with Gasteiger partial charge in [-0.05, 0) is 20.0 Å². The van der Waals surface area contributed by atoms with Gasteiger partial charge in [0, 0.05) is 18.0 Å². The Labute approximate surface area is 99.6 Å². The van der Waals surface area contributed by atoms with Gasteiger partial charge in [0.2, 0.25) is 0 Å². The third kappa shape index (κ3) is 2.45. The Hall–Kier alpha value is -1.88. The fourth-order valence-electron chi connectivity index (χ4n) is 1.57. The van der Waals surface area contributed by atoms with Crippen LogP contribution in [0.5, 0.6) is 0 Å². The number of hydrogen-bond acceptors (Lipinski definition) is 3. The first-order chi connectivity index (χ1) is 8.22. The lowest BCUT2D eigenvalue weighted by atomic mass is 10.2. The molecule has 3 N–H and O–H groups in total. The molecule has 5 heteroatoms. The van der Waals surface area contributed by atoms with Crippen molar-refractivity contribution in [3.63, 3.8) is 0 Å². The van der Waals surface area contributed by atoms with Crippen molar-refractivity contribution in [3.05, 3.63) is 30.0 Å². The lowest BCUT2D eigenvalue weighted by Gasteiger charge is -2.10. The second-order valence-corrected chi connectivity index (χ2v) is 4.02. The van der Waals surface area contributed by atoms with Crippen molar-refractivity contribution in [3.8, 4) is 0 Å². The van der Waals surface area contributed by atoms with Gasteiger partial charge in [-0.15, -0.1) is 0 Å². The van der Waals surface area contributed by atoms with Crippen LogP contribution in [0.25, 0.3) is 10.9 Å². The fraction of sp³-hybridized carbons (Fsp3) is 0.333. The first kappa shape index (κ1) is 11.6. The molecule has 0 fully saturated rings. The molecule has 90 valence electrons. The zero-order chi connectivity index (χ0) is 12.3. The second-order valence-electron chi connectivity index (χ2n) is 4.02. The number of fused-ring (bicyclic) bond motifs is 1. The van der Waals surface area contributed by atoms with Gasteiger partial charge in [-0.1, -0.05) is 18.2 Å². The van der Waals surface area contributed by atoms with Crippen molar-refractivity contribution in [1.29, 1.82) is 0 Å². The minimum Gasteiger partial charge on any atom is -0.349 e. The van der Waals surface area contributed by atoms with Crippen LogP contribution in [0, 0.1) is 0 Å². The monoisotopic (exact) mass is 232 g/mol. The average Bonchev–Trinajstić information content (AvgIpc) is 2.79. The highest BCUT2D eigenvalue weighted by Crippen LogP contribution is 2.14. The van der Waals surface area contributed by atoms with E-state index < -0.39 is 0 Å². The van der Waals surface area contributed by atoms with Gasteiger partial charge in [-0.2, -0.15) is 5.10 Å². The third-order valence-corrected chi connectivity index (χ3v) is 2.75. The Bertz CT molecular complexity index is 520. The zero-order valence-corrected chi connectivity index (χ0v) is 9.95. The lowest BCUT2D eigenvalue weighted by molar-refractivity contribution is 0.0947. The quantitative estimate of drug-likeness (QED) is 0.733. The Morgan fingerprint density at radius 3 is 3.00 bits per heavy atom. The van der Waals surface area contributed by atoms with E-state index in [2.05, 4.69) is 20.8 Å². The summed E-state index contributed by atoms with van der Waals surface area (Å²) in [6.45, 7) is 2.58. The average molecular weight is 232 g/mol. The van der Waals surface area contributed by atoms with E-state index in [1.165, 1.54) is 0 Å². The maximum absolute atomic E-state index is 11.9. The first-order valence-corrected chi connectivity index (χ1v) is 5.61.